The Kier molecular flexibility index (Phi) is 5.85. The van der Waals surface area contributed by atoms with Gasteiger partial charge < -0.3 is 14.7 Å². The molecule has 1 aromatic heterocycles. The highest BCUT2D eigenvalue weighted by Gasteiger charge is 2.30. The minimum atomic E-state index is -2.95. The predicted octanol–water partition coefficient (Wildman–Crippen LogP) is 1.00. The lowest BCUT2D eigenvalue weighted by Gasteiger charge is -2.22. The van der Waals surface area contributed by atoms with E-state index in [2.05, 4.69) is 15.5 Å². The SMILES string of the molecule is CN(CCC(=O)NCc1nc(-c2ccccc2F)no1)C1CCS(=O)(=O)C1. The fourth-order valence-corrected chi connectivity index (χ4v) is 4.73. The topological polar surface area (TPSA) is 105 Å². The number of nitrogens with one attached hydrogen (secondary N) is 1. The van der Waals surface area contributed by atoms with Gasteiger partial charge in [0.25, 0.3) is 0 Å². The molecular weight excluding hydrogens is 375 g/mol. The third-order valence-electron chi connectivity index (χ3n) is 4.54. The molecule has 1 aromatic carbocycles. The molecule has 0 aliphatic carbocycles. The summed E-state index contributed by atoms with van der Waals surface area (Å²) in [7, 11) is -1.13. The smallest absolute Gasteiger partial charge is 0.246 e. The fraction of sp³-hybridized carbons (Fsp3) is 0.471. The van der Waals surface area contributed by atoms with Crippen molar-refractivity contribution in [3.63, 3.8) is 0 Å². The summed E-state index contributed by atoms with van der Waals surface area (Å²) in [5, 5.41) is 6.39. The second-order valence-electron chi connectivity index (χ2n) is 6.56. The Hall–Kier alpha value is -2.33. The molecule has 8 nitrogen and oxygen atoms in total. The Morgan fingerprint density at radius 3 is 2.89 bits per heavy atom. The number of hydrogen-bond donors (Lipinski definition) is 1. The lowest BCUT2D eigenvalue weighted by Crippen LogP contribution is -2.36. The number of hydrogen-bond acceptors (Lipinski definition) is 7. The van der Waals surface area contributed by atoms with Crippen molar-refractivity contribution < 1.29 is 22.1 Å². The molecule has 0 saturated carbocycles. The van der Waals surface area contributed by atoms with Gasteiger partial charge in [0.05, 0.1) is 23.6 Å². The molecule has 0 radical (unpaired) electrons. The molecule has 146 valence electrons. The molecule has 2 aromatic rings. The van der Waals surface area contributed by atoms with E-state index in [0.717, 1.165) is 0 Å². The largest absolute Gasteiger partial charge is 0.347 e. The van der Waals surface area contributed by atoms with Crippen LogP contribution in [0.4, 0.5) is 4.39 Å². The van der Waals surface area contributed by atoms with Crippen molar-refractivity contribution in [2.45, 2.75) is 25.4 Å². The Balaban J connectivity index is 1.45. The predicted molar refractivity (Wildman–Crippen MR) is 95.8 cm³/mol. The number of halogens is 1. The number of sulfone groups is 1. The fourth-order valence-electron chi connectivity index (χ4n) is 2.92. The Labute approximate surface area is 156 Å². The van der Waals surface area contributed by atoms with E-state index < -0.39 is 15.7 Å². The summed E-state index contributed by atoms with van der Waals surface area (Å²) in [4.78, 5) is 18.0. The van der Waals surface area contributed by atoms with Gasteiger partial charge in [0, 0.05) is 19.0 Å². The van der Waals surface area contributed by atoms with Crippen molar-refractivity contribution in [2.75, 3.05) is 25.1 Å². The number of nitrogens with zero attached hydrogens (tertiary/aromatic N) is 3. The second kappa shape index (κ2) is 8.13. The quantitative estimate of drug-likeness (QED) is 0.744. The molecule has 1 unspecified atom stereocenters. The van der Waals surface area contributed by atoms with Gasteiger partial charge in [-0.1, -0.05) is 17.3 Å². The van der Waals surface area contributed by atoms with Gasteiger partial charge in [0.15, 0.2) is 9.84 Å². The number of benzene rings is 1. The van der Waals surface area contributed by atoms with E-state index in [1.807, 2.05) is 11.9 Å². The van der Waals surface area contributed by atoms with Crippen molar-refractivity contribution in [2.24, 2.45) is 0 Å². The maximum absolute atomic E-state index is 13.7. The molecule has 1 atom stereocenters. The van der Waals surface area contributed by atoms with E-state index in [4.69, 9.17) is 4.52 Å². The van der Waals surface area contributed by atoms with E-state index in [9.17, 15) is 17.6 Å². The van der Waals surface area contributed by atoms with Crippen LogP contribution in [0.5, 0.6) is 0 Å². The van der Waals surface area contributed by atoms with Gasteiger partial charge in [-0.05, 0) is 25.6 Å². The van der Waals surface area contributed by atoms with Gasteiger partial charge in [0.2, 0.25) is 17.6 Å². The highest BCUT2D eigenvalue weighted by molar-refractivity contribution is 7.91. The van der Waals surface area contributed by atoms with Gasteiger partial charge in [-0.25, -0.2) is 12.8 Å². The first-order valence-corrected chi connectivity index (χ1v) is 10.4. The summed E-state index contributed by atoms with van der Waals surface area (Å²) in [6, 6.07) is 6.04. The molecule has 3 rings (SSSR count). The number of carbonyl (C=O) groups excluding carboxylic acids is 1. The molecule has 1 N–H and O–H groups in total. The maximum atomic E-state index is 13.7. The first-order chi connectivity index (χ1) is 12.8. The molecule has 0 spiro atoms. The number of amides is 1. The highest BCUT2D eigenvalue weighted by atomic mass is 32.2. The molecule has 1 fully saturated rings. The van der Waals surface area contributed by atoms with Crippen LogP contribution in [0.2, 0.25) is 0 Å². The van der Waals surface area contributed by atoms with Gasteiger partial charge in [-0.2, -0.15) is 4.98 Å². The molecule has 1 aliphatic rings. The summed E-state index contributed by atoms with van der Waals surface area (Å²) < 4.78 is 41.8. The maximum Gasteiger partial charge on any atom is 0.246 e. The first kappa shape index (κ1) is 19.4. The molecule has 27 heavy (non-hydrogen) atoms. The Morgan fingerprint density at radius 1 is 1.41 bits per heavy atom. The normalized spacial score (nSPS) is 18.7. The van der Waals surface area contributed by atoms with Crippen LogP contribution in [0.3, 0.4) is 0 Å². The van der Waals surface area contributed by atoms with E-state index in [-0.39, 0.29) is 53.7 Å². The number of aromatic nitrogens is 2. The van der Waals surface area contributed by atoms with Gasteiger partial charge in [-0.15, -0.1) is 0 Å². The van der Waals surface area contributed by atoms with Gasteiger partial charge in [-0.3, -0.25) is 4.79 Å². The molecular formula is C17H21FN4O4S. The molecule has 0 bridgehead atoms. The average molecular weight is 396 g/mol. The van der Waals surface area contributed by atoms with E-state index in [1.54, 1.807) is 18.2 Å². The summed E-state index contributed by atoms with van der Waals surface area (Å²) in [6.07, 6.45) is 0.822. The summed E-state index contributed by atoms with van der Waals surface area (Å²) >= 11 is 0. The molecule has 1 saturated heterocycles. The zero-order valence-corrected chi connectivity index (χ0v) is 15.7. The number of carbonyl (C=O) groups is 1. The molecule has 10 heteroatoms. The molecule has 2 heterocycles. The molecule has 1 aliphatic heterocycles. The van der Waals surface area contributed by atoms with E-state index >= 15 is 0 Å². The third-order valence-corrected chi connectivity index (χ3v) is 6.29. The van der Waals surface area contributed by atoms with Crippen LogP contribution >= 0.6 is 0 Å². The monoisotopic (exact) mass is 396 g/mol. The first-order valence-electron chi connectivity index (χ1n) is 8.59. The molecule has 1 amide bonds. The summed E-state index contributed by atoms with van der Waals surface area (Å²) in [5.74, 6) is -0.0164. The van der Waals surface area contributed by atoms with Crippen LogP contribution in [-0.4, -0.2) is 60.5 Å². The lowest BCUT2D eigenvalue weighted by molar-refractivity contribution is -0.121. The van der Waals surface area contributed by atoms with Crippen molar-refractivity contribution >= 4 is 15.7 Å². The summed E-state index contributed by atoms with van der Waals surface area (Å²) in [5.41, 5.74) is 0.229. The van der Waals surface area contributed by atoms with Crippen molar-refractivity contribution in [1.29, 1.82) is 0 Å². The van der Waals surface area contributed by atoms with Crippen LogP contribution in [0.25, 0.3) is 11.4 Å². The van der Waals surface area contributed by atoms with Crippen molar-refractivity contribution in [1.82, 2.24) is 20.4 Å². The van der Waals surface area contributed by atoms with E-state index in [0.29, 0.717) is 13.0 Å². The average Bonchev–Trinajstić information content (AvgIpc) is 3.24. The van der Waals surface area contributed by atoms with Crippen LogP contribution in [-0.2, 0) is 21.2 Å². The Bertz CT molecular complexity index is 915. The lowest BCUT2D eigenvalue weighted by atomic mass is 10.2. The van der Waals surface area contributed by atoms with Gasteiger partial charge >= 0.3 is 0 Å². The van der Waals surface area contributed by atoms with Crippen LogP contribution in [0.15, 0.2) is 28.8 Å². The zero-order chi connectivity index (χ0) is 19.4. The van der Waals surface area contributed by atoms with Gasteiger partial charge in [0.1, 0.15) is 5.82 Å². The standard InChI is InChI=1S/C17H21FN4O4S/c1-22(12-7-9-27(24,25)11-12)8-6-15(23)19-10-16-20-17(21-26-16)13-4-2-3-5-14(13)18/h2-5,12H,6-11H2,1H3,(H,19,23). The summed E-state index contributed by atoms with van der Waals surface area (Å²) in [6.45, 7) is 0.498. The van der Waals surface area contributed by atoms with E-state index in [1.165, 1.54) is 6.07 Å². The second-order valence-corrected chi connectivity index (χ2v) is 8.78. The highest BCUT2D eigenvalue weighted by Crippen LogP contribution is 2.19. The van der Waals surface area contributed by atoms with Crippen LogP contribution in [0.1, 0.15) is 18.7 Å². The van der Waals surface area contributed by atoms with Crippen LogP contribution in [0, 0.1) is 5.82 Å². The zero-order valence-electron chi connectivity index (χ0n) is 14.9. The third kappa shape index (κ3) is 5.10. The minimum Gasteiger partial charge on any atom is -0.347 e. The number of rotatable bonds is 7. The Morgan fingerprint density at radius 2 is 2.19 bits per heavy atom. The minimum absolute atomic E-state index is 0.0398. The van der Waals surface area contributed by atoms with Crippen molar-refractivity contribution in [3.8, 4) is 11.4 Å². The van der Waals surface area contributed by atoms with Crippen LogP contribution < -0.4 is 5.32 Å². The van der Waals surface area contributed by atoms with Crippen molar-refractivity contribution in [3.05, 3.63) is 36.0 Å².